The number of halogens is 2. The summed E-state index contributed by atoms with van der Waals surface area (Å²) in [5, 5.41) is 2.86. The molecule has 0 aromatic carbocycles. The molecular formula is C11H9BrClN3O2. The van der Waals surface area contributed by atoms with E-state index >= 15 is 0 Å². The van der Waals surface area contributed by atoms with E-state index in [0.29, 0.717) is 23.9 Å². The average molecular weight is 331 g/mol. The van der Waals surface area contributed by atoms with Gasteiger partial charge in [0.05, 0.1) is 16.9 Å². The van der Waals surface area contributed by atoms with Crippen molar-refractivity contribution in [1.82, 2.24) is 10.3 Å². The van der Waals surface area contributed by atoms with Crippen LogP contribution in [0.2, 0.25) is 5.02 Å². The molecule has 2 saturated heterocycles. The van der Waals surface area contributed by atoms with Crippen LogP contribution in [0.4, 0.5) is 5.82 Å². The Hall–Kier alpha value is -1.14. The first-order valence-corrected chi connectivity index (χ1v) is 6.64. The average Bonchev–Trinajstić information content (AvgIpc) is 2.82. The van der Waals surface area contributed by atoms with Crippen LogP contribution < -0.4 is 10.2 Å². The third kappa shape index (κ3) is 1.80. The van der Waals surface area contributed by atoms with E-state index in [1.54, 1.807) is 12.3 Å². The second-order valence-corrected chi connectivity index (χ2v) is 5.75. The molecule has 0 aliphatic carbocycles. The van der Waals surface area contributed by atoms with Gasteiger partial charge in [0.2, 0.25) is 11.8 Å². The minimum absolute atomic E-state index is 0.194. The zero-order valence-electron chi connectivity index (χ0n) is 9.19. The molecule has 3 rings (SSSR count). The van der Waals surface area contributed by atoms with E-state index in [2.05, 4.69) is 26.2 Å². The van der Waals surface area contributed by atoms with E-state index in [1.807, 2.05) is 4.90 Å². The van der Waals surface area contributed by atoms with Crippen molar-refractivity contribution in [3.8, 4) is 0 Å². The van der Waals surface area contributed by atoms with E-state index in [-0.39, 0.29) is 23.7 Å². The number of carbonyl (C=O) groups excluding carboxylic acids is 2. The van der Waals surface area contributed by atoms with E-state index in [0.717, 1.165) is 4.47 Å². The molecule has 2 amide bonds. The number of carbonyl (C=O) groups is 2. The van der Waals surface area contributed by atoms with Crippen LogP contribution in [0.5, 0.6) is 0 Å². The SMILES string of the molecule is O=C1NC(=O)[C@@H]2CN(c3ncc(Br)cc3Cl)C[C@H]12. The summed E-state index contributed by atoms with van der Waals surface area (Å²) >= 11 is 9.41. The second kappa shape index (κ2) is 4.20. The highest BCUT2D eigenvalue weighted by Gasteiger charge is 2.48. The number of hydrogen-bond donors (Lipinski definition) is 1. The van der Waals surface area contributed by atoms with Gasteiger partial charge in [0.15, 0.2) is 0 Å². The van der Waals surface area contributed by atoms with Crippen molar-refractivity contribution in [2.75, 3.05) is 18.0 Å². The number of amides is 2. The Bertz CT molecular complexity index is 529. The number of pyridine rings is 1. The van der Waals surface area contributed by atoms with Crippen molar-refractivity contribution < 1.29 is 9.59 Å². The van der Waals surface area contributed by atoms with Gasteiger partial charge in [-0.2, -0.15) is 0 Å². The Balaban J connectivity index is 1.88. The van der Waals surface area contributed by atoms with E-state index in [4.69, 9.17) is 11.6 Å². The molecule has 0 bridgehead atoms. The van der Waals surface area contributed by atoms with E-state index in [9.17, 15) is 9.59 Å². The summed E-state index contributed by atoms with van der Waals surface area (Å²) in [5.74, 6) is -0.325. The van der Waals surface area contributed by atoms with Crippen LogP contribution in [0.15, 0.2) is 16.7 Å². The van der Waals surface area contributed by atoms with Gasteiger partial charge in [-0.05, 0) is 22.0 Å². The highest BCUT2D eigenvalue weighted by Crippen LogP contribution is 2.34. The zero-order valence-corrected chi connectivity index (χ0v) is 11.5. The maximum atomic E-state index is 11.6. The fourth-order valence-electron chi connectivity index (χ4n) is 2.45. The Kier molecular flexibility index (Phi) is 2.79. The van der Waals surface area contributed by atoms with Crippen LogP contribution in [-0.4, -0.2) is 29.9 Å². The first-order chi connectivity index (χ1) is 8.56. The monoisotopic (exact) mass is 329 g/mol. The topological polar surface area (TPSA) is 62.3 Å². The lowest BCUT2D eigenvalue weighted by atomic mass is 10.00. The minimum atomic E-state index is -0.279. The number of nitrogens with zero attached hydrogens (tertiary/aromatic N) is 2. The van der Waals surface area contributed by atoms with Gasteiger partial charge in [0, 0.05) is 23.8 Å². The van der Waals surface area contributed by atoms with Gasteiger partial charge >= 0.3 is 0 Å². The van der Waals surface area contributed by atoms with Crippen LogP contribution in [0.3, 0.4) is 0 Å². The summed E-state index contributed by atoms with van der Waals surface area (Å²) < 4.78 is 0.796. The Morgan fingerprint density at radius 1 is 1.33 bits per heavy atom. The molecule has 1 aromatic rings. The third-order valence-corrected chi connectivity index (χ3v) is 4.04. The second-order valence-electron chi connectivity index (χ2n) is 4.43. The number of fused-ring (bicyclic) bond motifs is 1. The molecule has 2 atom stereocenters. The summed E-state index contributed by atoms with van der Waals surface area (Å²) in [7, 11) is 0. The number of rotatable bonds is 1. The van der Waals surface area contributed by atoms with Gasteiger partial charge in [-0.3, -0.25) is 14.9 Å². The lowest BCUT2D eigenvalue weighted by Gasteiger charge is -2.19. The van der Waals surface area contributed by atoms with Gasteiger partial charge in [-0.25, -0.2) is 4.98 Å². The van der Waals surface area contributed by atoms with Gasteiger partial charge in [-0.15, -0.1) is 0 Å². The predicted molar refractivity (Wildman–Crippen MR) is 69.3 cm³/mol. The van der Waals surface area contributed by atoms with Gasteiger partial charge in [0.25, 0.3) is 0 Å². The summed E-state index contributed by atoms with van der Waals surface area (Å²) in [4.78, 5) is 29.3. The highest BCUT2D eigenvalue weighted by atomic mass is 79.9. The zero-order chi connectivity index (χ0) is 12.9. The first kappa shape index (κ1) is 11.9. The normalized spacial score (nSPS) is 26.4. The Morgan fingerprint density at radius 3 is 2.50 bits per heavy atom. The van der Waals surface area contributed by atoms with Crippen molar-refractivity contribution in [2.45, 2.75) is 0 Å². The molecule has 2 aliphatic heterocycles. The quantitative estimate of drug-likeness (QED) is 0.786. The molecule has 2 aliphatic rings. The van der Waals surface area contributed by atoms with Crippen molar-refractivity contribution in [2.24, 2.45) is 11.8 Å². The standard InChI is InChI=1S/C11H9BrClN3O2/c12-5-1-8(13)9(14-2-5)16-3-6-7(4-16)11(18)15-10(6)17/h1-2,6-7H,3-4H2,(H,15,17,18)/t6-,7+. The summed E-state index contributed by atoms with van der Waals surface area (Å²) in [6.45, 7) is 0.965. The number of anilines is 1. The number of aromatic nitrogens is 1. The van der Waals surface area contributed by atoms with Crippen molar-refractivity contribution in [3.63, 3.8) is 0 Å². The Labute approximate surface area is 117 Å². The lowest BCUT2D eigenvalue weighted by Crippen LogP contribution is -2.31. The fourth-order valence-corrected chi connectivity index (χ4v) is 3.20. The van der Waals surface area contributed by atoms with Crippen LogP contribution in [0.25, 0.3) is 0 Å². The molecule has 1 aromatic heterocycles. The summed E-state index contributed by atoms with van der Waals surface area (Å²) in [5.41, 5.74) is 0. The molecule has 94 valence electrons. The first-order valence-electron chi connectivity index (χ1n) is 5.47. The molecule has 7 heteroatoms. The largest absolute Gasteiger partial charge is 0.354 e. The smallest absolute Gasteiger partial charge is 0.232 e. The molecule has 0 unspecified atom stereocenters. The maximum Gasteiger partial charge on any atom is 0.232 e. The predicted octanol–water partition coefficient (Wildman–Crippen LogP) is 1.21. The van der Waals surface area contributed by atoms with Crippen LogP contribution in [-0.2, 0) is 9.59 Å². The molecule has 2 fully saturated rings. The van der Waals surface area contributed by atoms with Crippen LogP contribution in [0, 0.1) is 11.8 Å². The molecule has 0 saturated carbocycles. The lowest BCUT2D eigenvalue weighted by molar-refractivity contribution is -0.126. The third-order valence-electron chi connectivity index (χ3n) is 3.33. The molecule has 18 heavy (non-hydrogen) atoms. The van der Waals surface area contributed by atoms with Crippen molar-refractivity contribution >= 4 is 45.2 Å². The molecule has 1 N–H and O–H groups in total. The van der Waals surface area contributed by atoms with E-state index < -0.39 is 0 Å². The summed E-state index contributed by atoms with van der Waals surface area (Å²) in [6.07, 6.45) is 1.65. The van der Waals surface area contributed by atoms with Gasteiger partial charge in [-0.1, -0.05) is 11.6 Å². The van der Waals surface area contributed by atoms with Crippen molar-refractivity contribution in [1.29, 1.82) is 0 Å². The number of nitrogens with one attached hydrogen (secondary N) is 1. The van der Waals surface area contributed by atoms with Gasteiger partial charge < -0.3 is 4.90 Å². The number of hydrogen-bond acceptors (Lipinski definition) is 4. The summed E-state index contributed by atoms with van der Waals surface area (Å²) in [6, 6.07) is 1.75. The maximum absolute atomic E-state index is 11.6. The van der Waals surface area contributed by atoms with Gasteiger partial charge in [0.1, 0.15) is 5.82 Å². The highest BCUT2D eigenvalue weighted by molar-refractivity contribution is 9.10. The van der Waals surface area contributed by atoms with Crippen LogP contribution >= 0.6 is 27.5 Å². The number of imide groups is 1. The molecular weight excluding hydrogens is 321 g/mol. The van der Waals surface area contributed by atoms with E-state index in [1.165, 1.54) is 0 Å². The molecule has 5 nitrogen and oxygen atoms in total. The molecule has 0 radical (unpaired) electrons. The molecule has 0 spiro atoms. The fraction of sp³-hybridized carbons (Fsp3) is 0.364. The van der Waals surface area contributed by atoms with Crippen LogP contribution in [0.1, 0.15) is 0 Å². The molecule has 3 heterocycles. The Morgan fingerprint density at radius 2 is 1.94 bits per heavy atom. The van der Waals surface area contributed by atoms with Crippen molar-refractivity contribution in [3.05, 3.63) is 21.8 Å². The minimum Gasteiger partial charge on any atom is -0.354 e.